The topological polar surface area (TPSA) is 69.7 Å². The molecule has 2 aromatic rings. The molecule has 6 nitrogen and oxygen atoms in total. The van der Waals surface area contributed by atoms with Crippen molar-refractivity contribution in [2.24, 2.45) is 5.92 Å². The summed E-state index contributed by atoms with van der Waals surface area (Å²) in [5.74, 6) is -1.47. The van der Waals surface area contributed by atoms with E-state index in [2.05, 4.69) is 5.32 Å². The van der Waals surface area contributed by atoms with Crippen LogP contribution in [0.3, 0.4) is 0 Å². The Bertz CT molecular complexity index is 1040. The van der Waals surface area contributed by atoms with E-state index in [1.54, 1.807) is 29.2 Å². The Morgan fingerprint density at radius 3 is 2.35 bits per heavy atom. The van der Waals surface area contributed by atoms with Crippen LogP contribution in [0, 0.1) is 5.92 Å². The van der Waals surface area contributed by atoms with Crippen molar-refractivity contribution in [1.82, 2.24) is 0 Å². The molecule has 2 saturated heterocycles. The van der Waals surface area contributed by atoms with E-state index in [-0.39, 0.29) is 24.6 Å². The van der Waals surface area contributed by atoms with E-state index < -0.39 is 29.5 Å². The first kappa shape index (κ1) is 20.9. The maximum absolute atomic E-state index is 13.0. The third-order valence-electron chi connectivity index (χ3n) is 5.48. The van der Waals surface area contributed by atoms with E-state index in [4.69, 9.17) is 0 Å². The molecule has 1 N–H and O–H groups in total. The molecule has 1 unspecified atom stereocenters. The standard InChI is InChI=1S/C22H20F3N3O3/c23-22(24,25)15-4-1-6-17(11-15)28-13-14(10-20(28)30)21(31)26-16-5-2-7-18(12-16)27-9-3-8-19(27)29/h1-2,4-7,11-12,14H,3,8-10,13H2,(H,26,31). The number of benzene rings is 2. The van der Waals surface area contributed by atoms with Crippen LogP contribution in [-0.2, 0) is 20.6 Å². The Morgan fingerprint density at radius 2 is 1.68 bits per heavy atom. The molecule has 0 saturated carbocycles. The molecule has 2 heterocycles. The minimum absolute atomic E-state index is 0.00369. The SMILES string of the molecule is O=C(Nc1cccc(N2CCCC2=O)c1)C1CC(=O)N(c2cccc(C(F)(F)F)c2)C1. The summed E-state index contributed by atoms with van der Waals surface area (Å²) in [6, 6.07) is 11.4. The maximum Gasteiger partial charge on any atom is 0.416 e. The van der Waals surface area contributed by atoms with Gasteiger partial charge >= 0.3 is 6.18 Å². The lowest BCUT2D eigenvalue weighted by molar-refractivity contribution is -0.137. The average Bonchev–Trinajstić information content (AvgIpc) is 3.33. The second kappa shape index (κ2) is 8.05. The smallest absolute Gasteiger partial charge is 0.326 e. The summed E-state index contributed by atoms with van der Waals surface area (Å²) in [5.41, 5.74) is 0.448. The molecule has 31 heavy (non-hydrogen) atoms. The zero-order valence-electron chi connectivity index (χ0n) is 16.5. The molecule has 162 valence electrons. The fraction of sp³-hybridized carbons (Fsp3) is 0.318. The molecule has 2 aliphatic rings. The zero-order chi connectivity index (χ0) is 22.2. The van der Waals surface area contributed by atoms with Gasteiger partial charge in [0.15, 0.2) is 0 Å². The van der Waals surface area contributed by atoms with Crippen LogP contribution in [0.4, 0.5) is 30.2 Å². The van der Waals surface area contributed by atoms with Gasteiger partial charge in [-0.2, -0.15) is 13.2 Å². The van der Waals surface area contributed by atoms with Gasteiger partial charge in [0, 0.05) is 43.0 Å². The molecular weight excluding hydrogens is 411 g/mol. The Hall–Kier alpha value is -3.36. The van der Waals surface area contributed by atoms with Gasteiger partial charge in [-0.1, -0.05) is 12.1 Å². The number of amides is 3. The van der Waals surface area contributed by atoms with Crippen molar-refractivity contribution in [1.29, 1.82) is 0 Å². The van der Waals surface area contributed by atoms with Crippen LogP contribution in [0.5, 0.6) is 0 Å². The summed E-state index contributed by atoms with van der Waals surface area (Å²) >= 11 is 0. The van der Waals surface area contributed by atoms with Gasteiger partial charge in [0.2, 0.25) is 17.7 Å². The lowest BCUT2D eigenvalue weighted by Crippen LogP contribution is -2.28. The van der Waals surface area contributed by atoms with Crippen molar-refractivity contribution in [3.05, 3.63) is 54.1 Å². The maximum atomic E-state index is 13.0. The van der Waals surface area contributed by atoms with Gasteiger partial charge < -0.3 is 15.1 Å². The number of halogens is 3. The van der Waals surface area contributed by atoms with Crippen LogP contribution in [0.25, 0.3) is 0 Å². The van der Waals surface area contributed by atoms with Crippen LogP contribution in [0.15, 0.2) is 48.5 Å². The van der Waals surface area contributed by atoms with Crippen molar-refractivity contribution in [2.75, 3.05) is 28.2 Å². The van der Waals surface area contributed by atoms with Crippen molar-refractivity contribution in [2.45, 2.75) is 25.4 Å². The first-order valence-electron chi connectivity index (χ1n) is 9.91. The number of hydrogen-bond acceptors (Lipinski definition) is 3. The fourth-order valence-electron chi connectivity index (χ4n) is 3.90. The Balaban J connectivity index is 1.45. The van der Waals surface area contributed by atoms with Gasteiger partial charge in [0.1, 0.15) is 0 Å². The third kappa shape index (κ3) is 4.40. The molecule has 1 atom stereocenters. The van der Waals surface area contributed by atoms with Crippen LogP contribution in [0.2, 0.25) is 0 Å². The Labute approximate surface area is 176 Å². The number of carbonyl (C=O) groups excluding carboxylic acids is 3. The number of nitrogens with one attached hydrogen (secondary N) is 1. The highest BCUT2D eigenvalue weighted by molar-refractivity contribution is 6.04. The van der Waals surface area contributed by atoms with Crippen molar-refractivity contribution >= 4 is 34.8 Å². The van der Waals surface area contributed by atoms with E-state index in [0.717, 1.165) is 18.6 Å². The minimum atomic E-state index is -4.52. The largest absolute Gasteiger partial charge is 0.416 e. The van der Waals surface area contributed by atoms with Gasteiger partial charge in [0.05, 0.1) is 11.5 Å². The Kier molecular flexibility index (Phi) is 5.43. The minimum Gasteiger partial charge on any atom is -0.326 e. The molecule has 2 aromatic carbocycles. The van der Waals surface area contributed by atoms with Gasteiger partial charge in [0.25, 0.3) is 0 Å². The highest BCUT2D eigenvalue weighted by Gasteiger charge is 2.37. The molecule has 0 aliphatic carbocycles. The molecule has 9 heteroatoms. The second-order valence-electron chi connectivity index (χ2n) is 7.64. The Morgan fingerprint density at radius 1 is 0.968 bits per heavy atom. The molecule has 4 rings (SSSR count). The van der Waals surface area contributed by atoms with Gasteiger partial charge in [-0.05, 0) is 42.8 Å². The molecular formula is C22H20F3N3O3. The van der Waals surface area contributed by atoms with Crippen LogP contribution in [-0.4, -0.2) is 30.8 Å². The van der Waals surface area contributed by atoms with E-state index in [1.807, 2.05) is 0 Å². The lowest BCUT2D eigenvalue weighted by Gasteiger charge is -2.19. The number of anilines is 3. The molecule has 0 aromatic heterocycles. The first-order chi connectivity index (χ1) is 14.7. The van der Waals surface area contributed by atoms with Crippen molar-refractivity contribution < 1.29 is 27.6 Å². The van der Waals surface area contributed by atoms with Crippen molar-refractivity contribution in [3.63, 3.8) is 0 Å². The summed E-state index contributed by atoms with van der Waals surface area (Å²) in [4.78, 5) is 39.9. The molecule has 0 radical (unpaired) electrons. The normalized spacial score (nSPS) is 19.3. The fourth-order valence-corrected chi connectivity index (χ4v) is 3.90. The van der Waals surface area contributed by atoms with Crippen LogP contribution >= 0.6 is 0 Å². The quantitative estimate of drug-likeness (QED) is 0.800. The monoisotopic (exact) mass is 431 g/mol. The number of rotatable bonds is 4. The first-order valence-corrected chi connectivity index (χ1v) is 9.91. The predicted molar refractivity (Wildman–Crippen MR) is 109 cm³/mol. The highest BCUT2D eigenvalue weighted by Crippen LogP contribution is 2.34. The van der Waals surface area contributed by atoms with Crippen molar-refractivity contribution in [3.8, 4) is 0 Å². The van der Waals surface area contributed by atoms with E-state index in [0.29, 0.717) is 24.3 Å². The predicted octanol–water partition coefficient (Wildman–Crippen LogP) is 3.82. The van der Waals surface area contributed by atoms with Crippen LogP contribution in [0.1, 0.15) is 24.8 Å². The van der Waals surface area contributed by atoms with Gasteiger partial charge in [-0.25, -0.2) is 0 Å². The lowest BCUT2D eigenvalue weighted by atomic mass is 10.1. The average molecular weight is 431 g/mol. The van der Waals surface area contributed by atoms with E-state index in [1.165, 1.54) is 17.0 Å². The van der Waals surface area contributed by atoms with Gasteiger partial charge in [-0.15, -0.1) is 0 Å². The molecule has 0 spiro atoms. The molecule has 2 aliphatic heterocycles. The number of carbonyl (C=O) groups is 3. The third-order valence-corrected chi connectivity index (χ3v) is 5.48. The summed E-state index contributed by atoms with van der Waals surface area (Å²) in [6.45, 7) is 0.621. The summed E-state index contributed by atoms with van der Waals surface area (Å²) < 4.78 is 38.9. The van der Waals surface area contributed by atoms with E-state index in [9.17, 15) is 27.6 Å². The van der Waals surface area contributed by atoms with Crippen LogP contribution < -0.4 is 15.1 Å². The summed E-state index contributed by atoms with van der Waals surface area (Å²) in [7, 11) is 0. The zero-order valence-corrected chi connectivity index (χ0v) is 16.5. The second-order valence-corrected chi connectivity index (χ2v) is 7.64. The number of nitrogens with zero attached hydrogens (tertiary/aromatic N) is 2. The summed E-state index contributed by atoms with van der Waals surface area (Å²) in [5, 5.41) is 2.75. The molecule has 0 bridgehead atoms. The molecule has 3 amide bonds. The van der Waals surface area contributed by atoms with Gasteiger partial charge in [-0.3, -0.25) is 14.4 Å². The summed E-state index contributed by atoms with van der Waals surface area (Å²) in [6.07, 6.45) is -3.33. The molecule has 2 fully saturated rings. The number of alkyl halides is 3. The number of hydrogen-bond donors (Lipinski definition) is 1. The van der Waals surface area contributed by atoms with E-state index >= 15 is 0 Å². The highest BCUT2D eigenvalue weighted by atomic mass is 19.4.